The molecule has 1 unspecified atom stereocenters. The predicted molar refractivity (Wildman–Crippen MR) is 80.8 cm³/mol. The molecule has 0 radical (unpaired) electrons. The zero-order chi connectivity index (χ0) is 14.8. The number of hydrogen-bond donors (Lipinski definition) is 0. The topological polar surface area (TPSA) is 44.1 Å². The Morgan fingerprint density at radius 3 is 3.00 bits per heavy atom. The maximum absolute atomic E-state index is 12.6. The largest absolute Gasteiger partial charge is 0.493 e. The lowest BCUT2D eigenvalue weighted by Crippen LogP contribution is -2.18. The van der Waals surface area contributed by atoms with Crippen molar-refractivity contribution in [3.05, 3.63) is 47.3 Å². The first-order chi connectivity index (χ1) is 10.2. The molecule has 0 amide bonds. The Hall–Kier alpha value is -2.10. The molecule has 0 fully saturated rings. The summed E-state index contributed by atoms with van der Waals surface area (Å²) in [7, 11) is 1.84. The number of rotatable bonds is 4. The standard InChI is InChI=1S/C17H20N2O2/c1-3-13-11-15(19(2)18-13)16(20)10-12-8-9-21-17-7-5-4-6-14(12)17/h4-7,11-12H,3,8-10H2,1-2H3. The molecule has 0 saturated carbocycles. The van der Waals surface area contributed by atoms with E-state index in [2.05, 4.69) is 11.2 Å². The summed E-state index contributed by atoms with van der Waals surface area (Å²) in [6.07, 6.45) is 2.26. The van der Waals surface area contributed by atoms with Gasteiger partial charge in [0.2, 0.25) is 0 Å². The molecule has 3 rings (SSSR count). The number of aromatic nitrogens is 2. The lowest BCUT2D eigenvalue weighted by atomic mass is 9.88. The van der Waals surface area contributed by atoms with Crippen LogP contribution in [-0.4, -0.2) is 22.2 Å². The third-order valence-electron chi connectivity index (χ3n) is 4.09. The predicted octanol–water partition coefficient (Wildman–Crippen LogP) is 3.12. The summed E-state index contributed by atoms with van der Waals surface area (Å²) in [5.41, 5.74) is 2.82. The van der Waals surface area contributed by atoms with Crippen molar-refractivity contribution in [1.29, 1.82) is 0 Å². The van der Waals surface area contributed by atoms with Crippen LogP contribution in [0.5, 0.6) is 5.75 Å². The molecule has 110 valence electrons. The lowest BCUT2D eigenvalue weighted by molar-refractivity contribution is 0.0956. The van der Waals surface area contributed by atoms with Crippen LogP contribution in [0.15, 0.2) is 30.3 Å². The quantitative estimate of drug-likeness (QED) is 0.810. The van der Waals surface area contributed by atoms with Crippen molar-refractivity contribution in [2.75, 3.05) is 6.61 Å². The molecule has 21 heavy (non-hydrogen) atoms. The van der Waals surface area contributed by atoms with Gasteiger partial charge in [-0.1, -0.05) is 25.1 Å². The normalized spacial score (nSPS) is 17.1. The minimum Gasteiger partial charge on any atom is -0.493 e. The summed E-state index contributed by atoms with van der Waals surface area (Å²) in [5.74, 6) is 1.31. The van der Waals surface area contributed by atoms with Gasteiger partial charge in [-0.15, -0.1) is 0 Å². The van der Waals surface area contributed by atoms with Crippen LogP contribution in [0, 0.1) is 0 Å². The maximum Gasteiger partial charge on any atom is 0.181 e. The number of Topliss-reactive ketones (excluding diaryl/α,β-unsaturated/α-hetero) is 1. The molecule has 4 heteroatoms. The Labute approximate surface area is 124 Å². The molecule has 0 bridgehead atoms. The van der Waals surface area contributed by atoms with Gasteiger partial charge in [-0.2, -0.15) is 5.10 Å². The molecule has 1 aromatic heterocycles. The molecule has 0 saturated heterocycles. The van der Waals surface area contributed by atoms with Crippen LogP contribution in [0.1, 0.15) is 47.4 Å². The molecule has 1 aliphatic rings. The van der Waals surface area contributed by atoms with Crippen LogP contribution in [0.25, 0.3) is 0 Å². The molecule has 0 aliphatic carbocycles. The summed E-state index contributed by atoms with van der Waals surface area (Å²) in [6.45, 7) is 2.73. The minimum absolute atomic E-state index is 0.159. The fourth-order valence-corrected chi connectivity index (χ4v) is 2.92. The number of carbonyl (C=O) groups is 1. The van der Waals surface area contributed by atoms with Gasteiger partial charge in [-0.05, 0) is 36.5 Å². The summed E-state index contributed by atoms with van der Waals surface area (Å²) in [5, 5.41) is 4.36. The Bertz CT molecular complexity index is 661. The van der Waals surface area contributed by atoms with E-state index in [4.69, 9.17) is 4.74 Å². The molecule has 1 aliphatic heterocycles. The smallest absolute Gasteiger partial charge is 0.181 e. The fourth-order valence-electron chi connectivity index (χ4n) is 2.92. The molecular formula is C17H20N2O2. The summed E-state index contributed by atoms with van der Waals surface area (Å²) in [6, 6.07) is 9.92. The van der Waals surface area contributed by atoms with Crippen molar-refractivity contribution in [2.24, 2.45) is 7.05 Å². The van der Waals surface area contributed by atoms with Crippen molar-refractivity contribution >= 4 is 5.78 Å². The molecule has 1 aromatic carbocycles. The first-order valence-electron chi connectivity index (χ1n) is 7.47. The summed E-state index contributed by atoms with van der Waals surface area (Å²) in [4.78, 5) is 12.6. The van der Waals surface area contributed by atoms with Gasteiger partial charge in [0.1, 0.15) is 11.4 Å². The van der Waals surface area contributed by atoms with Crippen molar-refractivity contribution in [2.45, 2.75) is 32.1 Å². The Morgan fingerprint density at radius 2 is 2.24 bits per heavy atom. The van der Waals surface area contributed by atoms with Gasteiger partial charge in [-0.25, -0.2) is 0 Å². The van der Waals surface area contributed by atoms with Gasteiger partial charge in [-0.3, -0.25) is 9.48 Å². The number of nitrogens with zero attached hydrogens (tertiary/aromatic N) is 2. The van der Waals surface area contributed by atoms with Gasteiger partial charge in [0.05, 0.1) is 12.3 Å². The number of ketones is 1. The molecular weight excluding hydrogens is 264 g/mol. The van der Waals surface area contributed by atoms with E-state index >= 15 is 0 Å². The number of aryl methyl sites for hydroxylation is 2. The number of ether oxygens (including phenoxy) is 1. The highest BCUT2D eigenvalue weighted by molar-refractivity contribution is 5.95. The average Bonchev–Trinajstić information content (AvgIpc) is 2.89. The first-order valence-corrected chi connectivity index (χ1v) is 7.47. The second-order valence-corrected chi connectivity index (χ2v) is 5.50. The third-order valence-corrected chi connectivity index (χ3v) is 4.09. The van der Waals surface area contributed by atoms with Crippen molar-refractivity contribution in [1.82, 2.24) is 9.78 Å². The van der Waals surface area contributed by atoms with Crippen LogP contribution in [0.3, 0.4) is 0 Å². The molecule has 2 aromatic rings. The summed E-state index contributed by atoms with van der Waals surface area (Å²) < 4.78 is 7.36. The molecule has 4 nitrogen and oxygen atoms in total. The highest BCUT2D eigenvalue weighted by Gasteiger charge is 2.25. The van der Waals surface area contributed by atoms with Gasteiger partial charge in [0, 0.05) is 13.5 Å². The van der Waals surface area contributed by atoms with E-state index in [1.807, 2.05) is 38.2 Å². The van der Waals surface area contributed by atoms with Crippen molar-refractivity contribution in [3.63, 3.8) is 0 Å². The fraction of sp³-hybridized carbons (Fsp3) is 0.412. The minimum atomic E-state index is 0.159. The van der Waals surface area contributed by atoms with E-state index in [1.54, 1.807) is 4.68 Å². The first kappa shape index (κ1) is 13.9. The van der Waals surface area contributed by atoms with Crippen LogP contribution < -0.4 is 4.74 Å². The van der Waals surface area contributed by atoms with E-state index in [0.717, 1.165) is 29.8 Å². The average molecular weight is 284 g/mol. The molecule has 0 spiro atoms. The SMILES string of the molecule is CCc1cc(C(=O)CC2CCOc3ccccc32)n(C)n1. The van der Waals surface area contributed by atoms with Gasteiger partial charge >= 0.3 is 0 Å². The van der Waals surface area contributed by atoms with E-state index in [9.17, 15) is 4.79 Å². The van der Waals surface area contributed by atoms with Crippen LogP contribution >= 0.6 is 0 Å². The highest BCUT2D eigenvalue weighted by atomic mass is 16.5. The zero-order valence-corrected chi connectivity index (χ0v) is 12.5. The highest BCUT2D eigenvalue weighted by Crippen LogP contribution is 2.36. The second-order valence-electron chi connectivity index (χ2n) is 5.50. The van der Waals surface area contributed by atoms with Crippen LogP contribution in [-0.2, 0) is 13.5 Å². The van der Waals surface area contributed by atoms with Crippen LogP contribution in [0.4, 0.5) is 0 Å². The number of para-hydroxylation sites is 1. The zero-order valence-electron chi connectivity index (χ0n) is 12.5. The number of carbonyl (C=O) groups excluding carboxylic acids is 1. The van der Waals surface area contributed by atoms with E-state index in [0.29, 0.717) is 18.7 Å². The monoisotopic (exact) mass is 284 g/mol. The van der Waals surface area contributed by atoms with E-state index in [-0.39, 0.29) is 11.7 Å². The van der Waals surface area contributed by atoms with Crippen molar-refractivity contribution in [3.8, 4) is 5.75 Å². The molecule has 1 atom stereocenters. The lowest BCUT2D eigenvalue weighted by Gasteiger charge is -2.25. The van der Waals surface area contributed by atoms with Crippen molar-refractivity contribution < 1.29 is 9.53 Å². The summed E-state index contributed by atoms with van der Waals surface area (Å²) >= 11 is 0. The number of benzene rings is 1. The number of hydrogen-bond acceptors (Lipinski definition) is 3. The second kappa shape index (κ2) is 5.72. The Kier molecular flexibility index (Phi) is 3.78. The van der Waals surface area contributed by atoms with Gasteiger partial charge in [0.25, 0.3) is 0 Å². The Balaban J connectivity index is 1.81. The maximum atomic E-state index is 12.6. The molecule has 2 heterocycles. The Morgan fingerprint density at radius 1 is 1.43 bits per heavy atom. The third kappa shape index (κ3) is 2.71. The van der Waals surface area contributed by atoms with Gasteiger partial charge in [0.15, 0.2) is 5.78 Å². The number of fused-ring (bicyclic) bond motifs is 1. The van der Waals surface area contributed by atoms with E-state index in [1.165, 1.54) is 0 Å². The van der Waals surface area contributed by atoms with Gasteiger partial charge < -0.3 is 4.74 Å². The molecule has 0 N–H and O–H groups in total. The van der Waals surface area contributed by atoms with E-state index < -0.39 is 0 Å². The van der Waals surface area contributed by atoms with Crippen LogP contribution in [0.2, 0.25) is 0 Å².